The number of alkyl halides is 1. The first-order valence-corrected chi connectivity index (χ1v) is 9.67. The summed E-state index contributed by atoms with van der Waals surface area (Å²) in [7, 11) is -3.98. The van der Waals surface area contributed by atoms with Crippen molar-refractivity contribution < 1.29 is 18.3 Å². The molecule has 132 valence electrons. The van der Waals surface area contributed by atoms with Crippen LogP contribution in [0.2, 0.25) is 0 Å². The van der Waals surface area contributed by atoms with Crippen molar-refractivity contribution in [3.05, 3.63) is 68.8 Å². The largest absolute Gasteiger partial charge is 0.270 e. The van der Waals surface area contributed by atoms with Gasteiger partial charge in [0.1, 0.15) is 4.58 Å². The van der Waals surface area contributed by atoms with Crippen LogP contribution < -0.4 is 0 Å². The summed E-state index contributed by atoms with van der Waals surface area (Å²) in [6.07, 6.45) is 0. The second-order valence-corrected chi connectivity index (χ2v) is 8.77. The molecular weight excluding hydrogens is 392 g/mol. The number of nitro groups is 2. The molecule has 0 bridgehead atoms. The molecule has 0 fully saturated rings. The number of benzene rings is 2. The number of hydrogen-bond acceptors (Lipinski definition) is 7. The Morgan fingerprint density at radius 3 is 2.12 bits per heavy atom. The van der Waals surface area contributed by atoms with Gasteiger partial charge in [-0.1, -0.05) is 12.1 Å². The van der Waals surface area contributed by atoms with Crippen molar-refractivity contribution in [3.8, 4) is 0 Å². The van der Waals surface area contributed by atoms with Gasteiger partial charge in [0.05, 0.1) is 14.7 Å². The minimum atomic E-state index is -3.98. The average molecular weight is 403 g/mol. The van der Waals surface area contributed by atoms with Crippen LogP contribution in [0.5, 0.6) is 0 Å². The quantitative estimate of drug-likeness (QED) is 0.300. The van der Waals surface area contributed by atoms with Gasteiger partial charge < -0.3 is 0 Å². The molecule has 1 unspecified atom stereocenters. The van der Waals surface area contributed by atoms with Crippen LogP contribution in [-0.4, -0.2) is 28.7 Å². The normalized spacial score (nSPS) is 12.5. The highest BCUT2D eigenvalue weighted by Gasteiger charge is 2.29. The van der Waals surface area contributed by atoms with E-state index in [0.29, 0.717) is 4.90 Å². The third-order valence-corrected chi connectivity index (χ3v) is 7.57. The van der Waals surface area contributed by atoms with E-state index in [-0.39, 0.29) is 22.2 Å². The summed E-state index contributed by atoms with van der Waals surface area (Å²) < 4.78 is 24.2. The number of nitro benzene ring substituents is 2. The number of rotatable bonds is 7. The maximum absolute atomic E-state index is 12.7. The molecule has 0 aromatic heterocycles. The molecule has 0 saturated heterocycles. The summed E-state index contributed by atoms with van der Waals surface area (Å²) in [5.41, 5.74) is -0.527. The molecule has 0 spiro atoms. The molecule has 1 atom stereocenters. The monoisotopic (exact) mass is 402 g/mol. The molecule has 0 N–H and O–H groups in total. The van der Waals surface area contributed by atoms with Crippen LogP contribution in [-0.2, 0) is 9.84 Å². The van der Waals surface area contributed by atoms with E-state index in [1.54, 1.807) is 0 Å². The zero-order chi connectivity index (χ0) is 18.6. The Bertz CT molecular complexity index is 919. The van der Waals surface area contributed by atoms with Crippen LogP contribution in [0.3, 0.4) is 0 Å². The van der Waals surface area contributed by atoms with Crippen molar-refractivity contribution in [1.29, 1.82) is 0 Å². The predicted molar refractivity (Wildman–Crippen MR) is 93.7 cm³/mol. The van der Waals surface area contributed by atoms with Gasteiger partial charge >= 0.3 is 0 Å². The molecule has 0 saturated carbocycles. The maximum atomic E-state index is 12.7. The molecule has 0 aliphatic rings. The van der Waals surface area contributed by atoms with Crippen molar-refractivity contribution in [1.82, 2.24) is 0 Å². The van der Waals surface area contributed by atoms with E-state index >= 15 is 0 Å². The van der Waals surface area contributed by atoms with Gasteiger partial charge in [-0.3, -0.25) is 20.2 Å². The lowest BCUT2D eigenvalue weighted by molar-refractivity contribution is -0.385. The number of sulfone groups is 1. The van der Waals surface area contributed by atoms with Crippen LogP contribution in [0.25, 0.3) is 0 Å². The Kier molecular flexibility index (Phi) is 5.98. The summed E-state index contributed by atoms with van der Waals surface area (Å²) in [5.74, 6) is -0.293. The Labute approximate surface area is 152 Å². The second-order valence-electron chi connectivity index (χ2n) is 4.76. The molecule has 11 heteroatoms. The molecule has 0 radical (unpaired) electrons. The topological polar surface area (TPSA) is 120 Å². The molecule has 2 aromatic rings. The highest BCUT2D eigenvalue weighted by Crippen LogP contribution is 2.34. The van der Waals surface area contributed by atoms with Gasteiger partial charge in [0.2, 0.25) is 0 Å². The van der Waals surface area contributed by atoms with Gasteiger partial charge in [-0.15, -0.1) is 23.4 Å². The van der Waals surface area contributed by atoms with Gasteiger partial charge in [-0.2, -0.15) is 0 Å². The van der Waals surface area contributed by atoms with Crippen molar-refractivity contribution in [3.63, 3.8) is 0 Å². The number of non-ortho nitro benzene ring substituents is 2. The van der Waals surface area contributed by atoms with Crippen molar-refractivity contribution in [2.24, 2.45) is 0 Å². The number of thioether (sulfide) groups is 1. The first-order valence-electron chi connectivity index (χ1n) is 6.71. The van der Waals surface area contributed by atoms with Crippen LogP contribution in [0.4, 0.5) is 11.4 Å². The first-order chi connectivity index (χ1) is 11.8. The van der Waals surface area contributed by atoms with Crippen molar-refractivity contribution >= 4 is 44.6 Å². The van der Waals surface area contributed by atoms with E-state index in [1.165, 1.54) is 42.5 Å². The van der Waals surface area contributed by atoms with Gasteiger partial charge in [-0.25, -0.2) is 8.42 Å². The molecular formula is C14H11ClN2O6S2. The summed E-state index contributed by atoms with van der Waals surface area (Å²) in [6.45, 7) is 0. The van der Waals surface area contributed by atoms with E-state index in [2.05, 4.69) is 0 Å². The molecule has 2 rings (SSSR count). The third-order valence-electron chi connectivity index (χ3n) is 3.13. The lowest BCUT2D eigenvalue weighted by Gasteiger charge is -2.14. The Balaban J connectivity index is 2.36. The smallest absolute Gasteiger partial charge is 0.258 e. The zero-order valence-electron chi connectivity index (χ0n) is 12.4. The van der Waals surface area contributed by atoms with Gasteiger partial charge in [-0.05, 0) is 12.1 Å². The summed E-state index contributed by atoms with van der Waals surface area (Å²) >= 11 is 6.63. The van der Waals surface area contributed by atoms with Crippen LogP contribution >= 0.6 is 23.4 Å². The number of halogens is 1. The highest BCUT2D eigenvalue weighted by molar-refractivity contribution is 8.13. The van der Waals surface area contributed by atoms with Crippen molar-refractivity contribution in [2.45, 2.75) is 14.4 Å². The second kappa shape index (κ2) is 7.81. The van der Waals surface area contributed by atoms with Crippen molar-refractivity contribution in [2.75, 3.05) is 5.88 Å². The van der Waals surface area contributed by atoms with E-state index in [0.717, 1.165) is 17.8 Å². The molecule has 8 nitrogen and oxygen atoms in total. The minimum Gasteiger partial charge on any atom is -0.258 e. The third kappa shape index (κ3) is 4.47. The fourth-order valence-corrected chi connectivity index (χ4v) is 5.52. The molecule has 0 aliphatic heterocycles. The zero-order valence-corrected chi connectivity index (χ0v) is 14.8. The fraction of sp³-hybridized carbons (Fsp3) is 0.143. The number of nitrogens with zero attached hydrogens (tertiary/aromatic N) is 2. The predicted octanol–water partition coefficient (Wildman–Crippen LogP) is 3.63. The highest BCUT2D eigenvalue weighted by atomic mass is 35.5. The molecule has 25 heavy (non-hydrogen) atoms. The van der Waals surface area contributed by atoms with E-state index in [1.807, 2.05) is 0 Å². The van der Waals surface area contributed by atoms with E-state index in [4.69, 9.17) is 11.6 Å². The fourth-order valence-electron chi connectivity index (χ4n) is 1.93. The Morgan fingerprint density at radius 2 is 1.56 bits per heavy atom. The van der Waals surface area contributed by atoms with Gasteiger partial charge in [0.25, 0.3) is 11.4 Å². The summed E-state index contributed by atoms with van der Waals surface area (Å²) in [4.78, 5) is 20.5. The minimum absolute atomic E-state index is 0.175. The molecule has 0 amide bonds. The van der Waals surface area contributed by atoms with E-state index < -0.39 is 24.3 Å². The summed E-state index contributed by atoms with van der Waals surface area (Å²) in [6, 6.07) is 10.2. The SMILES string of the molecule is O=[N+]([O-])c1cccc(SC(CCl)S(=O)(=O)c2cccc([N+](=O)[O-])c2)c1. The average Bonchev–Trinajstić information content (AvgIpc) is 2.59. The van der Waals surface area contributed by atoms with Crippen LogP contribution in [0, 0.1) is 20.2 Å². The Hall–Kier alpha value is -2.17. The first kappa shape index (κ1) is 19.2. The summed E-state index contributed by atoms with van der Waals surface area (Å²) in [5, 5.41) is 21.6. The van der Waals surface area contributed by atoms with Gasteiger partial charge in [0, 0.05) is 35.0 Å². The van der Waals surface area contributed by atoms with Crippen LogP contribution in [0.15, 0.2) is 58.3 Å². The Morgan fingerprint density at radius 1 is 1.00 bits per heavy atom. The van der Waals surface area contributed by atoms with Crippen LogP contribution in [0.1, 0.15) is 0 Å². The standard InChI is InChI=1S/C14H11ClN2O6S2/c15-9-14(24-12-5-1-3-10(7-12)16(18)19)25(22,23)13-6-2-4-11(8-13)17(20)21/h1-8,14H,9H2. The number of hydrogen-bond donors (Lipinski definition) is 0. The van der Waals surface area contributed by atoms with E-state index in [9.17, 15) is 28.6 Å². The molecule has 2 aromatic carbocycles. The lowest BCUT2D eigenvalue weighted by atomic mass is 10.3. The molecule has 0 aliphatic carbocycles. The maximum Gasteiger partial charge on any atom is 0.270 e. The molecule has 0 heterocycles. The lowest BCUT2D eigenvalue weighted by Crippen LogP contribution is -2.20. The van der Waals surface area contributed by atoms with Gasteiger partial charge in [0.15, 0.2) is 9.84 Å².